The SMILES string of the molecule is CC1CN(C(=O)C(=O)N2CCNCC2)CC1C. The maximum Gasteiger partial charge on any atom is 0.312 e. The summed E-state index contributed by atoms with van der Waals surface area (Å²) in [6, 6.07) is 0. The smallest absolute Gasteiger partial charge is 0.312 e. The van der Waals surface area contributed by atoms with Gasteiger partial charge >= 0.3 is 11.8 Å². The second-order valence-corrected chi connectivity index (χ2v) is 5.21. The third-order valence-corrected chi connectivity index (χ3v) is 3.86. The van der Waals surface area contributed by atoms with Gasteiger partial charge in [-0.3, -0.25) is 9.59 Å². The van der Waals surface area contributed by atoms with E-state index >= 15 is 0 Å². The number of likely N-dealkylation sites (tertiary alicyclic amines) is 1. The summed E-state index contributed by atoms with van der Waals surface area (Å²) in [5.41, 5.74) is 0. The highest BCUT2D eigenvalue weighted by atomic mass is 16.2. The molecule has 2 unspecified atom stereocenters. The Morgan fingerprint density at radius 3 is 1.94 bits per heavy atom. The zero-order valence-corrected chi connectivity index (χ0v) is 10.6. The molecule has 2 fully saturated rings. The minimum Gasteiger partial charge on any atom is -0.334 e. The topological polar surface area (TPSA) is 52.7 Å². The van der Waals surface area contributed by atoms with Gasteiger partial charge < -0.3 is 15.1 Å². The Morgan fingerprint density at radius 2 is 1.41 bits per heavy atom. The number of carbonyl (C=O) groups is 2. The first kappa shape index (κ1) is 12.4. The summed E-state index contributed by atoms with van der Waals surface area (Å²) in [6.45, 7) is 8.56. The van der Waals surface area contributed by atoms with Crippen molar-refractivity contribution >= 4 is 11.8 Å². The molecule has 5 nitrogen and oxygen atoms in total. The van der Waals surface area contributed by atoms with Crippen LogP contribution < -0.4 is 5.32 Å². The normalized spacial score (nSPS) is 29.5. The molecular weight excluding hydrogens is 218 g/mol. The first-order valence-corrected chi connectivity index (χ1v) is 6.38. The average Bonchev–Trinajstić information content (AvgIpc) is 2.69. The highest BCUT2D eigenvalue weighted by Crippen LogP contribution is 2.22. The highest BCUT2D eigenvalue weighted by molar-refractivity contribution is 6.35. The van der Waals surface area contributed by atoms with Crippen LogP contribution in [0.3, 0.4) is 0 Å². The van der Waals surface area contributed by atoms with Gasteiger partial charge in [0.2, 0.25) is 0 Å². The van der Waals surface area contributed by atoms with Crippen molar-refractivity contribution in [2.24, 2.45) is 11.8 Å². The lowest BCUT2D eigenvalue weighted by molar-refractivity contribution is -0.151. The third-order valence-electron chi connectivity index (χ3n) is 3.86. The summed E-state index contributed by atoms with van der Waals surface area (Å²) < 4.78 is 0. The lowest BCUT2D eigenvalue weighted by atomic mass is 10.0. The predicted molar refractivity (Wildman–Crippen MR) is 64.4 cm³/mol. The number of amides is 2. The second kappa shape index (κ2) is 5.04. The highest BCUT2D eigenvalue weighted by Gasteiger charge is 2.34. The molecule has 1 N–H and O–H groups in total. The Bertz CT molecular complexity index is 303. The van der Waals surface area contributed by atoms with Crippen molar-refractivity contribution in [2.45, 2.75) is 13.8 Å². The number of carbonyl (C=O) groups excluding carboxylic acids is 2. The molecule has 2 saturated heterocycles. The van der Waals surface area contributed by atoms with Crippen LogP contribution in [0.2, 0.25) is 0 Å². The van der Waals surface area contributed by atoms with E-state index in [9.17, 15) is 9.59 Å². The second-order valence-electron chi connectivity index (χ2n) is 5.21. The van der Waals surface area contributed by atoms with E-state index in [4.69, 9.17) is 0 Å². The van der Waals surface area contributed by atoms with Gasteiger partial charge in [0, 0.05) is 39.3 Å². The minimum absolute atomic E-state index is 0.317. The molecular formula is C12H21N3O2. The van der Waals surface area contributed by atoms with Crippen molar-refractivity contribution in [1.29, 1.82) is 0 Å². The quantitative estimate of drug-likeness (QED) is 0.582. The van der Waals surface area contributed by atoms with Crippen molar-refractivity contribution in [2.75, 3.05) is 39.3 Å². The van der Waals surface area contributed by atoms with Crippen LogP contribution >= 0.6 is 0 Å². The van der Waals surface area contributed by atoms with Crippen LogP contribution in [0, 0.1) is 11.8 Å². The summed E-state index contributed by atoms with van der Waals surface area (Å²) in [4.78, 5) is 27.4. The summed E-state index contributed by atoms with van der Waals surface area (Å²) in [5.74, 6) is 0.348. The molecule has 0 saturated carbocycles. The van der Waals surface area contributed by atoms with Crippen LogP contribution in [-0.4, -0.2) is 60.9 Å². The van der Waals surface area contributed by atoms with E-state index in [0.717, 1.165) is 26.2 Å². The molecule has 2 aliphatic rings. The largest absolute Gasteiger partial charge is 0.334 e. The fourth-order valence-corrected chi connectivity index (χ4v) is 2.43. The van der Waals surface area contributed by atoms with Gasteiger partial charge in [-0.15, -0.1) is 0 Å². The Hall–Kier alpha value is -1.10. The van der Waals surface area contributed by atoms with Gasteiger partial charge in [-0.25, -0.2) is 0 Å². The number of piperazine rings is 1. The van der Waals surface area contributed by atoms with Crippen LogP contribution in [0.4, 0.5) is 0 Å². The van der Waals surface area contributed by atoms with E-state index in [-0.39, 0.29) is 11.8 Å². The Balaban J connectivity index is 1.93. The summed E-state index contributed by atoms with van der Waals surface area (Å²) >= 11 is 0. The van der Waals surface area contributed by atoms with E-state index in [0.29, 0.717) is 24.9 Å². The first-order chi connectivity index (χ1) is 8.09. The maximum atomic E-state index is 12.0. The van der Waals surface area contributed by atoms with Gasteiger partial charge in [0.25, 0.3) is 0 Å². The molecule has 96 valence electrons. The average molecular weight is 239 g/mol. The third kappa shape index (κ3) is 2.60. The molecule has 5 heteroatoms. The minimum atomic E-state index is -0.326. The van der Waals surface area contributed by atoms with Gasteiger partial charge in [0.1, 0.15) is 0 Å². The molecule has 0 spiro atoms. The number of hydrogen-bond acceptors (Lipinski definition) is 3. The fourth-order valence-electron chi connectivity index (χ4n) is 2.43. The van der Waals surface area contributed by atoms with Crippen molar-refractivity contribution in [3.05, 3.63) is 0 Å². The molecule has 17 heavy (non-hydrogen) atoms. The molecule has 2 atom stereocenters. The molecule has 0 radical (unpaired) electrons. The number of nitrogens with zero attached hydrogens (tertiary/aromatic N) is 2. The van der Waals surface area contributed by atoms with Crippen LogP contribution in [0.15, 0.2) is 0 Å². The Kier molecular flexibility index (Phi) is 3.66. The van der Waals surface area contributed by atoms with E-state index in [1.807, 2.05) is 0 Å². The maximum absolute atomic E-state index is 12.0. The summed E-state index contributed by atoms with van der Waals surface area (Å²) in [6.07, 6.45) is 0. The molecule has 2 heterocycles. The molecule has 2 aliphatic heterocycles. The predicted octanol–water partition coefficient (Wildman–Crippen LogP) is -0.467. The van der Waals surface area contributed by atoms with Crippen molar-refractivity contribution in [1.82, 2.24) is 15.1 Å². The molecule has 0 aliphatic carbocycles. The van der Waals surface area contributed by atoms with Crippen molar-refractivity contribution in [3.8, 4) is 0 Å². The number of hydrogen-bond donors (Lipinski definition) is 1. The summed E-state index contributed by atoms with van der Waals surface area (Å²) in [5, 5.41) is 3.17. The zero-order chi connectivity index (χ0) is 12.4. The molecule has 0 bridgehead atoms. The molecule has 2 amide bonds. The number of rotatable bonds is 0. The van der Waals surface area contributed by atoms with Crippen LogP contribution in [0.25, 0.3) is 0 Å². The number of nitrogens with one attached hydrogen (secondary N) is 1. The monoisotopic (exact) mass is 239 g/mol. The lowest BCUT2D eigenvalue weighted by Gasteiger charge is -2.28. The molecule has 0 aromatic carbocycles. The van der Waals surface area contributed by atoms with Crippen LogP contribution in [-0.2, 0) is 9.59 Å². The van der Waals surface area contributed by atoms with Crippen LogP contribution in [0.1, 0.15) is 13.8 Å². The Morgan fingerprint density at radius 1 is 0.941 bits per heavy atom. The zero-order valence-electron chi connectivity index (χ0n) is 10.6. The van der Waals surface area contributed by atoms with Gasteiger partial charge in [0.15, 0.2) is 0 Å². The van der Waals surface area contributed by atoms with Crippen molar-refractivity contribution in [3.63, 3.8) is 0 Å². The van der Waals surface area contributed by atoms with E-state index in [1.54, 1.807) is 9.80 Å². The molecule has 2 rings (SSSR count). The summed E-state index contributed by atoms with van der Waals surface area (Å²) in [7, 11) is 0. The van der Waals surface area contributed by atoms with Gasteiger partial charge in [-0.1, -0.05) is 13.8 Å². The van der Waals surface area contributed by atoms with Gasteiger partial charge in [-0.2, -0.15) is 0 Å². The van der Waals surface area contributed by atoms with E-state index in [2.05, 4.69) is 19.2 Å². The molecule has 0 aromatic rings. The van der Waals surface area contributed by atoms with Crippen molar-refractivity contribution < 1.29 is 9.59 Å². The molecule has 0 aromatic heterocycles. The van der Waals surface area contributed by atoms with Crippen LogP contribution in [0.5, 0.6) is 0 Å². The van der Waals surface area contributed by atoms with E-state index < -0.39 is 0 Å². The Labute approximate surface area is 102 Å². The standard InChI is InChI=1S/C12H21N3O2/c1-9-7-15(8-10(9)2)12(17)11(16)14-5-3-13-4-6-14/h9-10,13H,3-8H2,1-2H3. The fraction of sp³-hybridized carbons (Fsp3) is 0.833. The lowest BCUT2D eigenvalue weighted by Crippen LogP contribution is -2.51. The van der Waals surface area contributed by atoms with E-state index in [1.165, 1.54) is 0 Å². The van der Waals surface area contributed by atoms with Gasteiger partial charge in [-0.05, 0) is 11.8 Å². The van der Waals surface area contributed by atoms with Gasteiger partial charge in [0.05, 0.1) is 0 Å². The first-order valence-electron chi connectivity index (χ1n) is 6.38.